The van der Waals surface area contributed by atoms with Crippen LogP contribution in [0.4, 0.5) is 0 Å². The molecule has 0 N–H and O–H groups in total. The van der Waals surface area contributed by atoms with Crippen LogP contribution in [0.25, 0.3) is 0 Å². The SMILES string of the molecule is O=C1C=CC2=NC(CCBr)OC2=C1. The standard InChI is InChI=1S/C9H8BrNO2/c10-4-3-9-11-7-2-1-6(12)5-8(7)13-9/h1-2,5,9H,3-4H2. The average Bonchev–Trinajstić information content (AvgIpc) is 2.46. The number of halogens is 1. The van der Waals surface area contributed by atoms with Crippen LogP contribution in [0.3, 0.4) is 0 Å². The number of alkyl halides is 1. The summed E-state index contributed by atoms with van der Waals surface area (Å²) in [7, 11) is 0. The van der Waals surface area contributed by atoms with Crippen molar-refractivity contribution in [3.8, 4) is 0 Å². The fourth-order valence-corrected chi connectivity index (χ4v) is 1.63. The number of carbonyl (C=O) groups excluding carboxylic acids is 1. The molecule has 13 heavy (non-hydrogen) atoms. The smallest absolute Gasteiger partial charge is 0.191 e. The summed E-state index contributed by atoms with van der Waals surface area (Å²) >= 11 is 3.32. The van der Waals surface area contributed by atoms with Crippen molar-refractivity contribution in [1.82, 2.24) is 0 Å². The van der Waals surface area contributed by atoms with Gasteiger partial charge in [0.1, 0.15) is 5.71 Å². The summed E-state index contributed by atoms with van der Waals surface area (Å²) in [6.45, 7) is 0. The molecule has 1 heterocycles. The van der Waals surface area contributed by atoms with Gasteiger partial charge in [0.05, 0.1) is 0 Å². The van der Waals surface area contributed by atoms with Crippen molar-refractivity contribution >= 4 is 27.4 Å². The minimum Gasteiger partial charge on any atom is -0.466 e. The van der Waals surface area contributed by atoms with Gasteiger partial charge in [0.15, 0.2) is 17.8 Å². The van der Waals surface area contributed by atoms with Crippen LogP contribution >= 0.6 is 15.9 Å². The number of aliphatic imine (C=N–C) groups is 1. The highest BCUT2D eigenvalue weighted by Gasteiger charge is 2.24. The minimum absolute atomic E-state index is 0.0338. The lowest BCUT2D eigenvalue weighted by atomic mass is 10.1. The van der Waals surface area contributed by atoms with Crippen LogP contribution < -0.4 is 0 Å². The zero-order valence-electron chi connectivity index (χ0n) is 6.87. The number of fused-ring (bicyclic) bond motifs is 1. The highest BCUT2D eigenvalue weighted by molar-refractivity contribution is 9.09. The molecule has 0 aromatic rings. The van der Waals surface area contributed by atoms with E-state index in [0.717, 1.165) is 17.5 Å². The Kier molecular flexibility index (Phi) is 2.31. The van der Waals surface area contributed by atoms with Crippen molar-refractivity contribution in [1.29, 1.82) is 0 Å². The number of hydrogen-bond acceptors (Lipinski definition) is 3. The zero-order chi connectivity index (χ0) is 9.26. The molecule has 1 aliphatic heterocycles. The van der Waals surface area contributed by atoms with Crippen LogP contribution in [0.15, 0.2) is 29.0 Å². The third-order valence-corrected chi connectivity index (χ3v) is 2.29. The first-order valence-corrected chi connectivity index (χ1v) is 5.16. The molecule has 0 amide bonds. The van der Waals surface area contributed by atoms with E-state index in [1.807, 2.05) is 0 Å². The summed E-state index contributed by atoms with van der Waals surface area (Å²) in [5, 5.41) is 0.847. The average molecular weight is 242 g/mol. The minimum atomic E-state index is -0.129. The van der Waals surface area contributed by atoms with E-state index in [9.17, 15) is 4.79 Å². The fraction of sp³-hybridized carbons (Fsp3) is 0.333. The summed E-state index contributed by atoms with van der Waals surface area (Å²) in [6.07, 6.45) is 5.38. The lowest BCUT2D eigenvalue weighted by molar-refractivity contribution is -0.110. The zero-order valence-corrected chi connectivity index (χ0v) is 8.45. The third-order valence-electron chi connectivity index (χ3n) is 1.83. The second-order valence-electron chi connectivity index (χ2n) is 2.81. The van der Waals surface area contributed by atoms with E-state index in [4.69, 9.17) is 4.74 Å². The molecule has 0 radical (unpaired) electrons. The monoisotopic (exact) mass is 241 g/mol. The van der Waals surface area contributed by atoms with Crippen molar-refractivity contribution in [2.75, 3.05) is 5.33 Å². The first-order chi connectivity index (χ1) is 6.29. The van der Waals surface area contributed by atoms with Gasteiger partial charge in [-0.05, 0) is 12.2 Å². The molecule has 2 rings (SSSR count). The second kappa shape index (κ2) is 3.46. The van der Waals surface area contributed by atoms with Gasteiger partial charge in [-0.1, -0.05) is 15.9 Å². The van der Waals surface area contributed by atoms with Gasteiger partial charge in [-0.25, -0.2) is 4.99 Å². The van der Waals surface area contributed by atoms with Gasteiger partial charge >= 0.3 is 0 Å². The maximum atomic E-state index is 11.0. The molecule has 0 saturated heterocycles. The molecule has 68 valence electrons. The van der Waals surface area contributed by atoms with E-state index in [1.165, 1.54) is 12.2 Å². The van der Waals surface area contributed by atoms with E-state index >= 15 is 0 Å². The molecule has 0 saturated carbocycles. The Morgan fingerprint density at radius 2 is 2.38 bits per heavy atom. The van der Waals surface area contributed by atoms with E-state index in [1.54, 1.807) is 6.08 Å². The Bertz CT molecular complexity index is 331. The van der Waals surface area contributed by atoms with Gasteiger partial charge in [-0.2, -0.15) is 0 Å². The lowest BCUT2D eigenvalue weighted by Crippen LogP contribution is -2.06. The van der Waals surface area contributed by atoms with E-state index in [0.29, 0.717) is 5.76 Å². The topological polar surface area (TPSA) is 38.7 Å². The van der Waals surface area contributed by atoms with Gasteiger partial charge in [0, 0.05) is 17.8 Å². The molecule has 3 nitrogen and oxygen atoms in total. The number of hydrogen-bond donors (Lipinski definition) is 0. The molecule has 4 heteroatoms. The second-order valence-corrected chi connectivity index (χ2v) is 3.60. The molecule has 0 bridgehead atoms. The maximum absolute atomic E-state index is 11.0. The van der Waals surface area contributed by atoms with Gasteiger partial charge < -0.3 is 4.74 Å². The highest BCUT2D eigenvalue weighted by Crippen LogP contribution is 2.22. The molecule has 1 aliphatic carbocycles. The number of rotatable bonds is 2. The van der Waals surface area contributed by atoms with E-state index in [-0.39, 0.29) is 12.0 Å². The van der Waals surface area contributed by atoms with E-state index in [2.05, 4.69) is 20.9 Å². The van der Waals surface area contributed by atoms with Crippen LogP contribution in [0.1, 0.15) is 6.42 Å². The molecule has 0 fully saturated rings. The van der Waals surface area contributed by atoms with E-state index < -0.39 is 0 Å². The Hall–Kier alpha value is -0.900. The Morgan fingerprint density at radius 3 is 3.15 bits per heavy atom. The lowest BCUT2D eigenvalue weighted by Gasteiger charge is -2.06. The van der Waals surface area contributed by atoms with Gasteiger partial charge in [0.25, 0.3) is 0 Å². The van der Waals surface area contributed by atoms with Gasteiger partial charge in [-0.15, -0.1) is 0 Å². The number of ether oxygens (including phenoxy) is 1. The molecular formula is C9H8BrNO2. The molecule has 0 spiro atoms. The van der Waals surface area contributed by atoms with Gasteiger partial charge in [-0.3, -0.25) is 4.79 Å². The third kappa shape index (κ3) is 1.72. The first-order valence-electron chi connectivity index (χ1n) is 4.04. The predicted molar refractivity (Wildman–Crippen MR) is 52.9 cm³/mol. The number of allylic oxidation sites excluding steroid dienone is 3. The summed E-state index contributed by atoms with van der Waals surface area (Å²) in [6, 6.07) is 0. The first kappa shape index (κ1) is 8.69. The summed E-state index contributed by atoms with van der Waals surface area (Å²) in [4.78, 5) is 15.3. The number of nitrogens with zero attached hydrogens (tertiary/aromatic N) is 1. The quantitative estimate of drug-likeness (QED) is 0.544. The van der Waals surface area contributed by atoms with Crippen LogP contribution in [0.5, 0.6) is 0 Å². The van der Waals surface area contributed by atoms with Crippen LogP contribution in [-0.2, 0) is 9.53 Å². The van der Waals surface area contributed by atoms with Gasteiger partial charge in [0.2, 0.25) is 0 Å². The van der Waals surface area contributed by atoms with Crippen LogP contribution in [0, 0.1) is 0 Å². The normalized spacial score (nSPS) is 25.0. The van der Waals surface area contributed by atoms with Crippen molar-refractivity contribution in [2.24, 2.45) is 4.99 Å². The van der Waals surface area contributed by atoms with Crippen molar-refractivity contribution < 1.29 is 9.53 Å². The summed E-state index contributed by atoms with van der Waals surface area (Å²) in [5.41, 5.74) is 0.783. The maximum Gasteiger partial charge on any atom is 0.191 e. The number of ketones is 1. The summed E-state index contributed by atoms with van der Waals surface area (Å²) in [5.74, 6) is 0.576. The Balaban J connectivity index is 2.17. The van der Waals surface area contributed by atoms with Crippen molar-refractivity contribution in [2.45, 2.75) is 12.6 Å². The fourth-order valence-electron chi connectivity index (χ4n) is 1.24. The van der Waals surface area contributed by atoms with Crippen molar-refractivity contribution in [3.05, 3.63) is 24.0 Å². The highest BCUT2D eigenvalue weighted by atomic mass is 79.9. The molecular weight excluding hydrogens is 234 g/mol. The molecule has 2 aliphatic rings. The Labute approximate surface area is 84.3 Å². The van der Waals surface area contributed by atoms with Crippen molar-refractivity contribution in [3.63, 3.8) is 0 Å². The van der Waals surface area contributed by atoms with Crippen LogP contribution in [0.2, 0.25) is 0 Å². The molecule has 1 unspecified atom stereocenters. The largest absolute Gasteiger partial charge is 0.466 e. The number of carbonyl (C=O) groups is 1. The molecule has 1 atom stereocenters. The Morgan fingerprint density at radius 1 is 1.54 bits per heavy atom. The molecule has 0 aromatic carbocycles. The molecule has 0 aromatic heterocycles. The predicted octanol–water partition coefficient (Wildman–Crippen LogP) is 1.59. The summed E-state index contributed by atoms with van der Waals surface area (Å²) < 4.78 is 5.43. The van der Waals surface area contributed by atoms with Crippen LogP contribution in [-0.4, -0.2) is 23.1 Å².